The fourth-order valence-electron chi connectivity index (χ4n) is 2.64. The van der Waals surface area contributed by atoms with Crippen molar-refractivity contribution in [3.63, 3.8) is 0 Å². The second-order valence-corrected chi connectivity index (χ2v) is 7.60. The molecule has 0 atom stereocenters. The highest BCUT2D eigenvalue weighted by molar-refractivity contribution is 9.10. The van der Waals surface area contributed by atoms with Crippen molar-refractivity contribution in [3.8, 4) is 0 Å². The van der Waals surface area contributed by atoms with Crippen LogP contribution in [0.2, 0.25) is 0 Å². The van der Waals surface area contributed by atoms with Gasteiger partial charge in [0.05, 0.1) is 11.0 Å². The molecule has 1 N–H and O–H groups in total. The molecule has 2 rings (SSSR count). The molecule has 0 saturated carbocycles. The van der Waals surface area contributed by atoms with E-state index in [1.54, 1.807) is 0 Å². The number of unbranched alkanes of at least 4 members (excludes halogenated alkanes) is 2. The first-order valence-corrected chi connectivity index (χ1v) is 8.51. The Morgan fingerprint density at radius 3 is 2.75 bits per heavy atom. The lowest BCUT2D eigenvalue weighted by Gasteiger charge is -2.25. The molecule has 0 aliphatic carbocycles. The summed E-state index contributed by atoms with van der Waals surface area (Å²) in [6.45, 7) is 7.88. The molecular formula is C16H23BrN2S. The van der Waals surface area contributed by atoms with Crippen LogP contribution in [0.3, 0.4) is 0 Å². The van der Waals surface area contributed by atoms with Crippen LogP contribution in [0, 0.1) is 10.2 Å². The monoisotopic (exact) mass is 354 g/mol. The lowest BCUT2D eigenvalue weighted by Crippen LogP contribution is -2.19. The van der Waals surface area contributed by atoms with Crippen molar-refractivity contribution < 1.29 is 0 Å². The number of benzene rings is 1. The number of H-pyrrole nitrogens is 1. The summed E-state index contributed by atoms with van der Waals surface area (Å²) in [4.78, 5) is 3.30. The minimum atomic E-state index is 0.269. The molecule has 0 aliphatic rings. The Bertz CT molecular complexity index is 639. The SMILES string of the molecule is CCCCCC(C)(C)Cn1c(=S)[nH]c2ccc(Br)cc21. The van der Waals surface area contributed by atoms with Gasteiger partial charge >= 0.3 is 0 Å². The lowest BCUT2D eigenvalue weighted by atomic mass is 9.87. The number of halogens is 1. The molecule has 0 fully saturated rings. The molecule has 0 unspecified atom stereocenters. The van der Waals surface area contributed by atoms with E-state index in [-0.39, 0.29) is 5.41 Å². The maximum atomic E-state index is 5.49. The van der Waals surface area contributed by atoms with Gasteiger partial charge in [0.2, 0.25) is 0 Å². The van der Waals surface area contributed by atoms with Crippen molar-refractivity contribution in [2.75, 3.05) is 0 Å². The van der Waals surface area contributed by atoms with E-state index in [1.165, 1.54) is 31.2 Å². The van der Waals surface area contributed by atoms with E-state index in [0.717, 1.165) is 21.3 Å². The van der Waals surface area contributed by atoms with Gasteiger partial charge in [-0.2, -0.15) is 0 Å². The Balaban J connectivity index is 2.26. The van der Waals surface area contributed by atoms with Crippen LogP contribution >= 0.6 is 28.1 Å². The number of rotatable bonds is 6. The van der Waals surface area contributed by atoms with E-state index >= 15 is 0 Å². The zero-order valence-electron chi connectivity index (χ0n) is 12.5. The van der Waals surface area contributed by atoms with Gasteiger partial charge in [0.25, 0.3) is 0 Å². The van der Waals surface area contributed by atoms with Crippen molar-refractivity contribution >= 4 is 39.2 Å². The predicted molar refractivity (Wildman–Crippen MR) is 92.7 cm³/mol. The average Bonchev–Trinajstić information content (AvgIpc) is 2.66. The molecule has 0 spiro atoms. The van der Waals surface area contributed by atoms with Gasteiger partial charge in [0.15, 0.2) is 4.77 Å². The Hall–Kier alpha value is -0.610. The summed E-state index contributed by atoms with van der Waals surface area (Å²) in [6, 6.07) is 6.27. The molecule has 20 heavy (non-hydrogen) atoms. The van der Waals surface area contributed by atoms with Crippen molar-refractivity contribution in [1.82, 2.24) is 9.55 Å². The van der Waals surface area contributed by atoms with Crippen molar-refractivity contribution in [2.45, 2.75) is 53.0 Å². The van der Waals surface area contributed by atoms with Gasteiger partial charge in [0.1, 0.15) is 0 Å². The maximum absolute atomic E-state index is 5.49. The van der Waals surface area contributed by atoms with Crippen molar-refractivity contribution in [2.24, 2.45) is 5.41 Å². The summed E-state index contributed by atoms with van der Waals surface area (Å²) >= 11 is 9.04. The first-order chi connectivity index (χ1) is 9.43. The summed E-state index contributed by atoms with van der Waals surface area (Å²) < 4.78 is 4.15. The third-order valence-electron chi connectivity index (χ3n) is 3.78. The number of imidazole rings is 1. The zero-order chi connectivity index (χ0) is 14.8. The fourth-order valence-corrected chi connectivity index (χ4v) is 3.27. The van der Waals surface area contributed by atoms with E-state index < -0.39 is 0 Å². The minimum Gasteiger partial charge on any atom is -0.331 e. The number of nitrogens with one attached hydrogen (secondary N) is 1. The van der Waals surface area contributed by atoms with Gasteiger partial charge in [-0.3, -0.25) is 0 Å². The number of fused-ring (bicyclic) bond motifs is 1. The van der Waals surface area contributed by atoms with E-state index in [1.807, 2.05) is 6.07 Å². The number of hydrogen-bond donors (Lipinski definition) is 1. The highest BCUT2D eigenvalue weighted by atomic mass is 79.9. The van der Waals surface area contributed by atoms with Crippen LogP contribution in [0.1, 0.15) is 46.5 Å². The molecule has 1 heterocycles. The molecule has 4 heteroatoms. The standard InChI is InChI=1S/C16H23BrN2S/c1-4-5-6-9-16(2,3)11-19-14-10-12(17)7-8-13(14)18-15(19)20/h7-8,10H,4-6,9,11H2,1-3H3,(H,18,20). The van der Waals surface area contributed by atoms with Gasteiger partial charge in [-0.25, -0.2) is 0 Å². The Morgan fingerprint density at radius 2 is 2.05 bits per heavy atom. The van der Waals surface area contributed by atoms with Crippen molar-refractivity contribution in [1.29, 1.82) is 0 Å². The van der Waals surface area contributed by atoms with Crippen LogP contribution < -0.4 is 0 Å². The van der Waals surface area contributed by atoms with E-state index in [0.29, 0.717) is 0 Å². The number of nitrogens with zero attached hydrogens (tertiary/aromatic N) is 1. The molecule has 110 valence electrons. The molecule has 1 aromatic heterocycles. The Labute approximate surface area is 134 Å². The second kappa shape index (κ2) is 6.44. The first kappa shape index (κ1) is 15.8. The summed E-state index contributed by atoms with van der Waals surface area (Å²) in [5, 5.41) is 0. The molecule has 1 aromatic carbocycles. The first-order valence-electron chi connectivity index (χ1n) is 7.31. The summed E-state index contributed by atoms with van der Waals surface area (Å²) in [6.07, 6.45) is 5.12. The van der Waals surface area contributed by atoms with Gasteiger partial charge in [-0.1, -0.05) is 56.0 Å². The molecule has 0 amide bonds. The van der Waals surface area contributed by atoms with Crippen molar-refractivity contribution in [3.05, 3.63) is 27.4 Å². The normalized spacial score (nSPS) is 12.2. The highest BCUT2D eigenvalue weighted by Gasteiger charge is 2.20. The van der Waals surface area contributed by atoms with Crippen LogP contribution in [0.5, 0.6) is 0 Å². The smallest absolute Gasteiger partial charge is 0.178 e. The van der Waals surface area contributed by atoms with Crippen LogP contribution in [0.4, 0.5) is 0 Å². The van der Waals surface area contributed by atoms with Gasteiger partial charge < -0.3 is 9.55 Å². The quantitative estimate of drug-likeness (QED) is 0.493. The summed E-state index contributed by atoms with van der Waals surface area (Å²) in [5.74, 6) is 0. The van der Waals surface area contributed by atoms with Crippen LogP contribution in [0.15, 0.2) is 22.7 Å². The largest absolute Gasteiger partial charge is 0.331 e. The van der Waals surface area contributed by atoms with Gasteiger partial charge in [-0.15, -0.1) is 0 Å². The number of hydrogen-bond acceptors (Lipinski definition) is 1. The van der Waals surface area contributed by atoms with Crippen LogP contribution in [-0.4, -0.2) is 9.55 Å². The third-order valence-corrected chi connectivity index (χ3v) is 4.60. The number of aromatic amines is 1. The Morgan fingerprint density at radius 1 is 1.30 bits per heavy atom. The summed E-state index contributed by atoms with van der Waals surface area (Å²) in [5.41, 5.74) is 2.57. The summed E-state index contributed by atoms with van der Waals surface area (Å²) in [7, 11) is 0. The topological polar surface area (TPSA) is 20.7 Å². The van der Waals surface area contributed by atoms with Gasteiger partial charge in [0, 0.05) is 11.0 Å². The average molecular weight is 355 g/mol. The highest BCUT2D eigenvalue weighted by Crippen LogP contribution is 2.29. The fraction of sp³-hybridized carbons (Fsp3) is 0.562. The predicted octanol–water partition coefficient (Wildman–Crippen LogP) is 6.07. The molecule has 0 radical (unpaired) electrons. The van der Waals surface area contributed by atoms with Crippen LogP contribution in [-0.2, 0) is 6.54 Å². The second-order valence-electron chi connectivity index (χ2n) is 6.30. The van der Waals surface area contributed by atoms with Crippen LogP contribution in [0.25, 0.3) is 11.0 Å². The van der Waals surface area contributed by atoms with E-state index in [4.69, 9.17) is 12.2 Å². The van der Waals surface area contributed by atoms with Gasteiger partial charge in [-0.05, 0) is 42.3 Å². The number of aromatic nitrogens is 2. The molecule has 2 aromatic rings. The lowest BCUT2D eigenvalue weighted by molar-refractivity contribution is 0.273. The molecule has 2 nitrogen and oxygen atoms in total. The zero-order valence-corrected chi connectivity index (χ0v) is 14.9. The Kier molecular flexibility index (Phi) is 5.08. The minimum absolute atomic E-state index is 0.269. The maximum Gasteiger partial charge on any atom is 0.178 e. The van der Waals surface area contributed by atoms with E-state index in [2.05, 4.69) is 58.4 Å². The molecule has 0 bridgehead atoms. The third kappa shape index (κ3) is 3.73. The molecular weight excluding hydrogens is 332 g/mol. The molecule has 0 aliphatic heterocycles. The van der Waals surface area contributed by atoms with E-state index in [9.17, 15) is 0 Å². The molecule has 0 saturated heterocycles.